The second-order valence-electron chi connectivity index (χ2n) is 4.17. The number of nitrogens with one attached hydrogen (secondary N) is 1. The Morgan fingerprint density at radius 1 is 1.43 bits per heavy atom. The second kappa shape index (κ2) is 7.81. The van der Waals surface area contributed by atoms with Gasteiger partial charge in [0.1, 0.15) is 0 Å². The fraction of sp³-hybridized carbons (Fsp3) is 0.417. The molecule has 0 saturated carbocycles. The molecule has 1 rings (SSSR count). The smallest absolute Gasteiger partial charge is 0.305 e. The summed E-state index contributed by atoms with van der Waals surface area (Å²) in [5.74, 6) is -1.10. The number of aliphatic carboxylic acids is 1. The first kappa shape index (κ1) is 17.2. The molecule has 0 aromatic heterocycles. The van der Waals surface area contributed by atoms with Crippen LogP contribution in [0, 0.1) is 0 Å². The van der Waals surface area contributed by atoms with E-state index in [0.717, 1.165) is 4.31 Å². The second-order valence-corrected chi connectivity index (χ2v) is 5.85. The lowest BCUT2D eigenvalue weighted by Gasteiger charge is -2.25. The number of nitrogens with two attached hydrogens (primary N) is 1. The van der Waals surface area contributed by atoms with Crippen molar-refractivity contribution in [3.8, 4) is 0 Å². The van der Waals surface area contributed by atoms with Gasteiger partial charge in [0.25, 0.3) is 0 Å². The van der Waals surface area contributed by atoms with Gasteiger partial charge in [0.15, 0.2) is 0 Å². The Morgan fingerprint density at radius 2 is 2.10 bits per heavy atom. The molecule has 0 spiro atoms. The van der Waals surface area contributed by atoms with E-state index in [1.165, 1.54) is 13.2 Å². The number of benzene rings is 1. The first-order valence-corrected chi connectivity index (χ1v) is 7.65. The molecule has 0 fully saturated rings. The lowest BCUT2D eigenvalue weighted by Crippen LogP contribution is -2.43. The highest BCUT2D eigenvalue weighted by atomic mass is 32.2. The normalized spacial score (nSPS) is 11.3. The molecule has 1 aromatic rings. The van der Waals surface area contributed by atoms with E-state index in [9.17, 15) is 13.2 Å². The number of nitrogens with zero attached hydrogens (tertiary/aromatic N) is 1. The molecular formula is C12H19N3O5S. The fourth-order valence-corrected chi connectivity index (χ4v) is 2.89. The summed E-state index contributed by atoms with van der Waals surface area (Å²) < 4.78 is 32.6. The number of anilines is 2. The van der Waals surface area contributed by atoms with Crippen LogP contribution in [0.25, 0.3) is 0 Å². The van der Waals surface area contributed by atoms with E-state index in [-0.39, 0.29) is 37.5 Å². The van der Waals surface area contributed by atoms with Crippen molar-refractivity contribution < 1.29 is 23.1 Å². The van der Waals surface area contributed by atoms with E-state index in [1.807, 2.05) is 0 Å². The number of nitrogen functional groups attached to an aromatic ring is 1. The zero-order chi connectivity index (χ0) is 15.9. The summed E-state index contributed by atoms with van der Waals surface area (Å²) in [5.41, 5.74) is 6.26. The molecule has 0 saturated heterocycles. The van der Waals surface area contributed by atoms with Crippen LogP contribution in [0.5, 0.6) is 0 Å². The van der Waals surface area contributed by atoms with Gasteiger partial charge in [-0.1, -0.05) is 12.1 Å². The summed E-state index contributed by atoms with van der Waals surface area (Å²) in [6.45, 7) is 0.0667. The molecule has 9 heteroatoms. The van der Waals surface area contributed by atoms with E-state index in [2.05, 4.69) is 4.72 Å². The summed E-state index contributed by atoms with van der Waals surface area (Å²) in [4.78, 5) is 10.7. The lowest BCUT2D eigenvalue weighted by molar-refractivity contribution is -0.136. The van der Waals surface area contributed by atoms with Crippen LogP contribution in [-0.4, -0.2) is 46.3 Å². The van der Waals surface area contributed by atoms with Gasteiger partial charge in [0, 0.05) is 20.2 Å². The summed E-state index contributed by atoms with van der Waals surface area (Å²) >= 11 is 0. The van der Waals surface area contributed by atoms with Crippen LogP contribution in [0.3, 0.4) is 0 Å². The van der Waals surface area contributed by atoms with Crippen LogP contribution in [0.1, 0.15) is 6.42 Å². The van der Waals surface area contributed by atoms with Crippen LogP contribution in [0.2, 0.25) is 0 Å². The van der Waals surface area contributed by atoms with Crippen LogP contribution in [-0.2, 0) is 19.7 Å². The van der Waals surface area contributed by atoms with Crippen molar-refractivity contribution in [1.29, 1.82) is 0 Å². The van der Waals surface area contributed by atoms with Crippen molar-refractivity contribution in [2.24, 2.45) is 0 Å². The number of carbonyl (C=O) groups is 1. The van der Waals surface area contributed by atoms with Crippen molar-refractivity contribution >= 4 is 27.6 Å². The third kappa shape index (κ3) is 5.21. The fourth-order valence-electron chi connectivity index (χ4n) is 1.63. The van der Waals surface area contributed by atoms with Gasteiger partial charge in [-0.25, -0.2) is 0 Å². The zero-order valence-electron chi connectivity index (χ0n) is 11.7. The van der Waals surface area contributed by atoms with Crippen molar-refractivity contribution in [2.75, 3.05) is 36.8 Å². The maximum atomic E-state index is 12.3. The molecule has 0 bridgehead atoms. The van der Waals surface area contributed by atoms with Gasteiger partial charge in [-0.05, 0) is 12.1 Å². The third-order valence-electron chi connectivity index (χ3n) is 2.61. The standard InChI is InChI=1S/C12H19N3O5S/c1-20-9-7-14-21(18,19)15(8-6-12(16)17)11-5-3-2-4-10(11)13/h2-5,14H,6-9,13H2,1H3,(H,16,17). The molecule has 0 atom stereocenters. The summed E-state index contributed by atoms with van der Waals surface area (Å²) in [5, 5.41) is 8.77. The predicted molar refractivity (Wildman–Crippen MR) is 79.3 cm³/mol. The number of hydrogen-bond acceptors (Lipinski definition) is 5. The molecule has 0 aliphatic heterocycles. The average Bonchev–Trinajstić information content (AvgIpc) is 2.40. The Labute approximate surface area is 123 Å². The van der Waals surface area contributed by atoms with E-state index in [0.29, 0.717) is 0 Å². The van der Waals surface area contributed by atoms with Crippen LogP contribution >= 0.6 is 0 Å². The van der Waals surface area contributed by atoms with Crippen molar-refractivity contribution in [1.82, 2.24) is 4.72 Å². The molecule has 0 radical (unpaired) electrons. The van der Waals surface area contributed by atoms with E-state index < -0.39 is 16.2 Å². The van der Waals surface area contributed by atoms with Crippen LogP contribution < -0.4 is 14.8 Å². The zero-order valence-corrected chi connectivity index (χ0v) is 12.5. The highest BCUT2D eigenvalue weighted by molar-refractivity contribution is 7.90. The topological polar surface area (TPSA) is 122 Å². The van der Waals surface area contributed by atoms with Gasteiger partial charge in [0.05, 0.1) is 24.4 Å². The van der Waals surface area contributed by atoms with Gasteiger partial charge in [-0.3, -0.25) is 9.10 Å². The van der Waals surface area contributed by atoms with E-state index in [4.69, 9.17) is 15.6 Å². The predicted octanol–water partition coefficient (Wildman–Crippen LogP) is 0.0307. The Morgan fingerprint density at radius 3 is 2.67 bits per heavy atom. The number of ether oxygens (including phenoxy) is 1. The number of carboxylic acid groups (broad SMARTS) is 1. The largest absolute Gasteiger partial charge is 0.481 e. The molecule has 0 amide bonds. The van der Waals surface area contributed by atoms with Gasteiger partial charge in [-0.15, -0.1) is 0 Å². The number of hydrogen-bond donors (Lipinski definition) is 3. The van der Waals surface area contributed by atoms with E-state index >= 15 is 0 Å². The molecule has 0 heterocycles. The molecule has 8 nitrogen and oxygen atoms in total. The number of para-hydroxylation sites is 2. The summed E-state index contributed by atoms with van der Waals surface area (Å²) in [7, 11) is -2.46. The van der Waals surface area contributed by atoms with Gasteiger partial charge in [-0.2, -0.15) is 13.1 Å². The number of rotatable bonds is 9. The maximum absolute atomic E-state index is 12.3. The average molecular weight is 317 g/mol. The minimum Gasteiger partial charge on any atom is -0.481 e. The summed E-state index contributed by atoms with van der Waals surface area (Å²) in [6, 6.07) is 6.36. The maximum Gasteiger partial charge on any atom is 0.305 e. The Kier molecular flexibility index (Phi) is 6.40. The van der Waals surface area contributed by atoms with Crippen LogP contribution in [0.15, 0.2) is 24.3 Å². The molecule has 0 aliphatic carbocycles. The first-order chi connectivity index (χ1) is 9.88. The Hall–Kier alpha value is -1.84. The highest BCUT2D eigenvalue weighted by Gasteiger charge is 2.24. The van der Waals surface area contributed by atoms with Crippen molar-refractivity contribution in [3.05, 3.63) is 24.3 Å². The van der Waals surface area contributed by atoms with Gasteiger partial charge >= 0.3 is 16.2 Å². The SMILES string of the molecule is COCCNS(=O)(=O)N(CCC(=O)O)c1ccccc1N. The van der Waals surface area contributed by atoms with Crippen molar-refractivity contribution in [2.45, 2.75) is 6.42 Å². The molecule has 21 heavy (non-hydrogen) atoms. The monoisotopic (exact) mass is 317 g/mol. The van der Waals surface area contributed by atoms with Crippen LogP contribution in [0.4, 0.5) is 11.4 Å². The molecule has 4 N–H and O–H groups in total. The Bertz CT molecular complexity index is 576. The minimum absolute atomic E-state index is 0.0785. The van der Waals surface area contributed by atoms with Gasteiger partial charge in [0.2, 0.25) is 0 Å². The highest BCUT2D eigenvalue weighted by Crippen LogP contribution is 2.24. The molecule has 0 unspecified atom stereocenters. The van der Waals surface area contributed by atoms with E-state index in [1.54, 1.807) is 18.2 Å². The van der Waals surface area contributed by atoms with Gasteiger partial charge < -0.3 is 15.6 Å². The van der Waals surface area contributed by atoms with Crippen molar-refractivity contribution in [3.63, 3.8) is 0 Å². The molecule has 118 valence electrons. The molecule has 1 aromatic carbocycles. The summed E-state index contributed by atoms with van der Waals surface area (Å²) in [6.07, 6.45) is -0.334. The molecule has 0 aliphatic rings. The first-order valence-electron chi connectivity index (χ1n) is 6.21. The third-order valence-corrected chi connectivity index (χ3v) is 4.14. The number of methoxy groups -OCH3 is 1. The quantitative estimate of drug-likeness (QED) is 0.436. The number of carboxylic acids is 1. The Balaban J connectivity index is 3.02. The molecular weight excluding hydrogens is 298 g/mol. The lowest BCUT2D eigenvalue weighted by atomic mass is 10.2. The minimum atomic E-state index is -3.91.